The van der Waals surface area contributed by atoms with Gasteiger partial charge in [-0.05, 0) is 0 Å². The summed E-state index contributed by atoms with van der Waals surface area (Å²) in [5.41, 5.74) is 5.61. The van der Waals surface area contributed by atoms with Gasteiger partial charge in [-0.25, -0.2) is 4.39 Å². The SMILES string of the molecule is CN(C)/C(=C\N)C(F)(P)P. The molecule has 0 spiro atoms. The van der Waals surface area contributed by atoms with E-state index in [1.165, 1.54) is 6.20 Å². The topological polar surface area (TPSA) is 29.3 Å². The molecular formula is C5H13FN2P2. The zero-order valence-electron chi connectivity index (χ0n) is 6.13. The van der Waals surface area contributed by atoms with Crippen LogP contribution in [0.3, 0.4) is 0 Å². The first-order chi connectivity index (χ1) is 4.39. The van der Waals surface area contributed by atoms with Crippen LogP contribution in [0.15, 0.2) is 11.9 Å². The van der Waals surface area contributed by atoms with Gasteiger partial charge < -0.3 is 10.6 Å². The molecule has 0 rings (SSSR count). The van der Waals surface area contributed by atoms with Crippen LogP contribution in [0.25, 0.3) is 0 Å². The van der Waals surface area contributed by atoms with Gasteiger partial charge in [-0.3, -0.25) is 0 Å². The van der Waals surface area contributed by atoms with E-state index in [9.17, 15) is 4.39 Å². The van der Waals surface area contributed by atoms with E-state index in [0.717, 1.165) is 0 Å². The van der Waals surface area contributed by atoms with Gasteiger partial charge in [-0.2, -0.15) is 0 Å². The Kier molecular flexibility index (Phi) is 3.55. The van der Waals surface area contributed by atoms with Gasteiger partial charge >= 0.3 is 0 Å². The van der Waals surface area contributed by atoms with E-state index in [1.807, 2.05) is 0 Å². The molecule has 0 amide bonds. The number of rotatable bonds is 2. The Hall–Kier alpha value is 0.130. The average molecular weight is 182 g/mol. The Balaban J connectivity index is 4.40. The number of hydrogen-bond acceptors (Lipinski definition) is 2. The first-order valence-corrected chi connectivity index (χ1v) is 3.91. The Morgan fingerprint density at radius 3 is 2.00 bits per heavy atom. The molecule has 0 saturated heterocycles. The maximum atomic E-state index is 13.0. The highest BCUT2D eigenvalue weighted by molar-refractivity contribution is 7.40. The molecular weight excluding hydrogens is 169 g/mol. The number of alkyl halides is 1. The largest absolute Gasteiger partial charge is 0.403 e. The third-order valence-electron chi connectivity index (χ3n) is 1.03. The second kappa shape index (κ2) is 3.50. The lowest BCUT2D eigenvalue weighted by Crippen LogP contribution is -2.23. The van der Waals surface area contributed by atoms with Crippen LogP contribution in [0, 0.1) is 0 Å². The molecule has 5 heteroatoms. The second-order valence-electron chi connectivity index (χ2n) is 2.21. The number of nitrogens with two attached hydrogens (primary N) is 1. The smallest absolute Gasteiger partial charge is 0.176 e. The van der Waals surface area contributed by atoms with Crippen LogP contribution in [-0.4, -0.2) is 24.1 Å². The summed E-state index contributed by atoms with van der Waals surface area (Å²) in [6.45, 7) is 0. The van der Waals surface area contributed by atoms with Gasteiger partial charge in [-0.1, -0.05) is 18.5 Å². The molecule has 0 aliphatic rings. The maximum absolute atomic E-state index is 13.0. The van der Waals surface area contributed by atoms with Crippen molar-refractivity contribution in [3.05, 3.63) is 11.9 Å². The van der Waals surface area contributed by atoms with Crippen molar-refractivity contribution < 1.29 is 4.39 Å². The second-order valence-corrected chi connectivity index (χ2v) is 4.56. The van der Waals surface area contributed by atoms with Gasteiger partial charge in [0.25, 0.3) is 0 Å². The number of halogens is 1. The molecule has 2 N–H and O–H groups in total. The highest BCUT2D eigenvalue weighted by atomic mass is 31.1. The van der Waals surface area contributed by atoms with Crippen molar-refractivity contribution in [2.24, 2.45) is 5.73 Å². The van der Waals surface area contributed by atoms with Gasteiger partial charge in [0.05, 0.1) is 5.70 Å². The van der Waals surface area contributed by atoms with Crippen molar-refractivity contribution in [2.45, 2.75) is 5.15 Å². The molecule has 60 valence electrons. The van der Waals surface area contributed by atoms with E-state index < -0.39 is 5.15 Å². The summed E-state index contributed by atoms with van der Waals surface area (Å²) in [6, 6.07) is 0. The molecule has 0 saturated carbocycles. The molecule has 0 radical (unpaired) electrons. The summed E-state index contributed by atoms with van der Waals surface area (Å²) >= 11 is 0. The molecule has 0 aromatic heterocycles. The van der Waals surface area contributed by atoms with Gasteiger partial charge in [0.15, 0.2) is 5.15 Å². The maximum Gasteiger partial charge on any atom is 0.176 e. The van der Waals surface area contributed by atoms with Crippen LogP contribution in [-0.2, 0) is 0 Å². The van der Waals surface area contributed by atoms with Crippen LogP contribution in [0.2, 0.25) is 0 Å². The fraction of sp³-hybridized carbons (Fsp3) is 0.600. The van der Waals surface area contributed by atoms with E-state index in [2.05, 4.69) is 18.5 Å². The lowest BCUT2D eigenvalue weighted by molar-refractivity contribution is 0.365. The molecule has 0 aromatic carbocycles. The summed E-state index contributed by atoms with van der Waals surface area (Å²) in [5, 5.41) is -1.52. The van der Waals surface area contributed by atoms with Gasteiger partial charge in [0, 0.05) is 20.3 Å². The zero-order valence-corrected chi connectivity index (χ0v) is 8.44. The van der Waals surface area contributed by atoms with E-state index in [4.69, 9.17) is 5.73 Å². The summed E-state index contributed by atoms with van der Waals surface area (Å²) < 4.78 is 13.0. The summed E-state index contributed by atoms with van der Waals surface area (Å²) in [5.74, 6) is 0. The number of hydrogen-bond donors (Lipinski definition) is 1. The van der Waals surface area contributed by atoms with Crippen LogP contribution in [0.4, 0.5) is 4.39 Å². The highest BCUT2D eigenvalue weighted by Crippen LogP contribution is 2.36. The Morgan fingerprint density at radius 1 is 1.60 bits per heavy atom. The minimum atomic E-state index is -1.52. The summed E-state index contributed by atoms with van der Waals surface area (Å²) in [7, 11) is 7.58. The highest BCUT2D eigenvalue weighted by Gasteiger charge is 2.23. The predicted molar refractivity (Wildman–Crippen MR) is 49.2 cm³/mol. The van der Waals surface area contributed by atoms with Gasteiger partial charge in [0.1, 0.15) is 0 Å². The normalized spacial score (nSPS) is 13.5. The van der Waals surface area contributed by atoms with Crippen molar-refractivity contribution in [3.63, 3.8) is 0 Å². The van der Waals surface area contributed by atoms with E-state index in [-0.39, 0.29) is 0 Å². The quantitative estimate of drug-likeness (QED) is 0.637. The number of allylic oxidation sites excluding steroid dienone is 1. The molecule has 10 heavy (non-hydrogen) atoms. The lowest BCUT2D eigenvalue weighted by atomic mass is 10.4. The molecule has 2 atom stereocenters. The fourth-order valence-electron chi connectivity index (χ4n) is 0.620. The third kappa shape index (κ3) is 2.81. The molecule has 2 unspecified atom stereocenters. The van der Waals surface area contributed by atoms with Crippen molar-refractivity contribution >= 4 is 18.5 Å². The van der Waals surface area contributed by atoms with Crippen molar-refractivity contribution in [3.8, 4) is 0 Å². The average Bonchev–Trinajstić information content (AvgIpc) is 1.60. The van der Waals surface area contributed by atoms with Gasteiger partial charge in [0.2, 0.25) is 0 Å². The zero-order chi connectivity index (χ0) is 8.36. The van der Waals surface area contributed by atoms with Crippen LogP contribution in [0.5, 0.6) is 0 Å². The van der Waals surface area contributed by atoms with Crippen molar-refractivity contribution in [1.29, 1.82) is 0 Å². The Labute approximate surface area is 65.4 Å². The minimum absolute atomic E-state index is 0.419. The standard InChI is InChI=1S/C5H13FN2P2/c1-8(2)4(3-7)5(6,9)10/h3H,7,9-10H2,1-2H3/b4-3-. The predicted octanol–water partition coefficient (Wildman–Crippen LogP) is 0.722. The summed E-state index contributed by atoms with van der Waals surface area (Å²) in [4.78, 5) is 1.62. The first-order valence-electron chi connectivity index (χ1n) is 2.76. The van der Waals surface area contributed by atoms with Crippen molar-refractivity contribution in [2.75, 3.05) is 14.1 Å². The molecule has 0 fully saturated rings. The first kappa shape index (κ1) is 10.1. The van der Waals surface area contributed by atoms with Crippen LogP contribution < -0.4 is 5.73 Å². The van der Waals surface area contributed by atoms with Gasteiger partial charge in [-0.15, -0.1) is 0 Å². The molecule has 0 aromatic rings. The molecule has 0 bridgehead atoms. The fourth-order valence-corrected chi connectivity index (χ4v) is 1.33. The third-order valence-corrected chi connectivity index (χ3v) is 1.62. The van der Waals surface area contributed by atoms with Crippen molar-refractivity contribution in [1.82, 2.24) is 4.90 Å². The van der Waals surface area contributed by atoms with Crippen LogP contribution >= 0.6 is 18.5 Å². The minimum Gasteiger partial charge on any atom is -0.403 e. The number of nitrogens with zero attached hydrogens (tertiary/aromatic N) is 1. The lowest BCUT2D eigenvalue weighted by Gasteiger charge is -2.24. The molecule has 0 aliphatic heterocycles. The summed E-state index contributed by atoms with van der Waals surface area (Å²) in [6.07, 6.45) is 1.25. The molecule has 0 aliphatic carbocycles. The molecule has 2 nitrogen and oxygen atoms in total. The molecule has 0 heterocycles. The Bertz CT molecular complexity index is 139. The monoisotopic (exact) mass is 182 g/mol. The van der Waals surface area contributed by atoms with E-state index in [1.54, 1.807) is 19.0 Å². The van der Waals surface area contributed by atoms with E-state index in [0.29, 0.717) is 5.70 Å². The Morgan fingerprint density at radius 2 is 2.00 bits per heavy atom. The van der Waals surface area contributed by atoms with E-state index >= 15 is 0 Å². The van der Waals surface area contributed by atoms with Crippen LogP contribution in [0.1, 0.15) is 0 Å².